The van der Waals surface area contributed by atoms with Crippen molar-refractivity contribution in [3.8, 4) is 0 Å². The Morgan fingerprint density at radius 3 is 2.27 bits per heavy atom. The van der Waals surface area contributed by atoms with Crippen LogP contribution in [-0.4, -0.2) is 26.7 Å². The molecule has 0 atom stereocenters. The Labute approximate surface area is 183 Å². The number of aryl methyl sites for hydroxylation is 1. The van der Waals surface area contributed by atoms with Crippen molar-refractivity contribution in [1.29, 1.82) is 0 Å². The summed E-state index contributed by atoms with van der Waals surface area (Å²) in [6.07, 6.45) is 0. The van der Waals surface area contributed by atoms with E-state index in [4.69, 9.17) is 0 Å². The molecule has 0 unspecified atom stereocenters. The Balaban J connectivity index is 1.74. The lowest BCUT2D eigenvalue weighted by Gasteiger charge is -2.12. The van der Waals surface area contributed by atoms with Crippen LogP contribution in [-0.2, 0) is 14.8 Å². The van der Waals surface area contributed by atoms with E-state index in [1.165, 1.54) is 12.1 Å². The van der Waals surface area contributed by atoms with E-state index >= 15 is 0 Å². The number of hydrogen-bond donors (Lipinski definition) is 2. The van der Waals surface area contributed by atoms with Gasteiger partial charge in [0.1, 0.15) is 0 Å². The average molecular weight is 487 g/mol. The molecule has 2 N–H and O–H groups in total. The van der Waals surface area contributed by atoms with Gasteiger partial charge in [-0.25, -0.2) is 13.1 Å². The fourth-order valence-corrected chi connectivity index (χ4v) is 4.06. The van der Waals surface area contributed by atoms with Crippen molar-refractivity contribution in [3.05, 3.63) is 94.0 Å². The Morgan fingerprint density at radius 2 is 1.60 bits per heavy atom. The van der Waals surface area contributed by atoms with Crippen molar-refractivity contribution in [1.82, 2.24) is 4.72 Å². The molecule has 0 aliphatic heterocycles. The summed E-state index contributed by atoms with van der Waals surface area (Å²) in [6.45, 7) is 1.38. The SMILES string of the molecule is Cc1ccc(S(=O)(=O)NCC(=O)Nc2ccc(Br)cc2C(=O)c2ccccc2)cc1. The number of anilines is 1. The van der Waals surface area contributed by atoms with E-state index in [1.54, 1.807) is 60.7 Å². The predicted molar refractivity (Wildman–Crippen MR) is 119 cm³/mol. The molecule has 3 rings (SSSR count). The van der Waals surface area contributed by atoms with Gasteiger partial charge in [0, 0.05) is 15.6 Å². The first-order chi connectivity index (χ1) is 14.3. The number of sulfonamides is 1. The van der Waals surface area contributed by atoms with Crippen molar-refractivity contribution in [2.45, 2.75) is 11.8 Å². The number of nitrogens with one attached hydrogen (secondary N) is 2. The summed E-state index contributed by atoms with van der Waals surface area (Å²) in [6, 6.07) is 19.9. The van der Waals surface area contributed by atoms with Gasteiger partial charge in [0.2, 0.25) is 15.9 Å². The molecule has 0 saturated carbocycles. The van der Waals surface area contributed by atoms with Gasteiger partial charge in [0.05, 0.1) is 17.1 Å². The largest absolute Gasteiger partial charge is 0.324 e. The van der Waals surface area contributed by atoms with Crippen LogP contribution in [0, 0.1) is 6.92 Å². The summed E-state index contributed by atoms with van der Waals surface area (Å²) >= 11 is 3.33. The van der Waals surface area contributed by atoms with E-state index in [2.05, 4.69) is 26.0 Å². The molecule has 3 aromatic rings. The number of ketones is 1. The molecular weight excluding hydrogens is 468 g/mol. The summed E-state index contributed by atoms with van der Waals surface area (Å²) in [7, 11) is -3.83. The highest BCUT2D eigenvalue weighted by molar-refractivity contribution is 9.10. The normalized spacial score (nSPS) is 11.1. The van der Waals surface area contributed by atoms with Crippen LogP contribution < -0.4 is 10.0 Å². The van der Waals surface area contributed by atoms with Gasteiger partial charge in [-0.3, -0.25) is 9.59 Å². The summed E-state index contributed by atoms with van der Waals surface area (Å²) in [5.41, 5.74) is 2.00. The molecule has 0 saturated heterocycles. The fraction of sp³-hybridized carbons (Fsp3) is 0.0909. The third-order valence-corrected chi connectivity index (χ3v) is 6.20. The highest BCUT2D eigenvalue weighted by Crippen LogP contribution is 2.24. The fourth-order valence-electron chi connectivity index (χ4n) is 2.71. The lowest BCUT2D eigenvalue weighted by atomic mass is 10.0. The van der Waals surface area contributed by atoms with Gasteiger partial charge >= 0.3 is 0 Å². The lowest BCUT2D eigenvalue weighted by molar-refractivity contribution is -0.115. The van der Waals surface area contributed by atoms with Crippen LogP contribution in [0.1, 0.15) is 21.5 Å². The van der Waals surface area contributed by atoms with Crippen LogP contribution >= 0.6 is 15.9 Å². The molecule has 0 heterocycles. The van der Waals surface area contributed by atoms with E-state index < -0.39 is 22.5 Å². The van der Waals surface area contributed by atoms with Crippen LogP contribution in [0.25, 0.3) is 0 Å². The zero-order chi connectivity index (χ0) is 21.7. The van der Waals surface area contributed by atoms with E-state index in [0.717, 1.165) is 5.56 Å². The second-order valence-electron chi connectivity index (χ2n) is 6.57. The molecule has 0 aliphatic rings. The van der Waals surface area contributed by atoms with Gasteiger partial charge in [0.15, 0.2) is 5.78 Å². The van der Waals surface area contributed by atoms with Crippen molar-refractivity contribution in [3.63, 3.8) is 0 Å². The highest BCUT2D eigenvalue weighted by Gasteiger charge is 2.18. The minimum Gasteiger partial charge on any atom is -0.324 e. The number of carbonyl (C=O) groups is 2. The molecule has 0 radical (unpaired) electrons. The molecule has 3 aromatic carbocycles. The second kappa shape index (κ2) is 9.34. The van der Waals surface area contributed by atoms with Crippen molar-refractivity contribution < 1.29 is 18.0 Å². The first-order valence-corrected chi connectivity index (χ1v) is 11.3. The Morgan fingerprint density at radius 1 is 0.933 bits per heavy atom. The summed E-state index contributed by atoms with van der Waals surface area (Å²) < 4.78 is 27.7. The van der Waals surface area contributed by atoms with Crippen LogP contribution in [0.5, 0.6) is 0 Å². The molecule has 8 heteroatoms. The standard InChI is InChI=1S/C22H19BrN2O4S/c1-15-7-10-18(11-8-15)30(28,29)24-14-21(26)25-20-12-9-17(23)13-19(20)22(27)16-5-3-2-4-6-16/h2-13,24H,14H2,1H3,(H,25,26). The minimum atomic E-state index is -3.83. The third-order valence-electron chi connectivity index (χ3n) is 4.29. The summed E-state index contributed by atoms with van der Waals surface area (Å²) in [5, 5.41) is 2.61. The first-order valence-electron chi connectivity index (χ1n) is 9.02. The molecule has 6 nitrogen and oxygen atoms in total. The Bertz CT molecular complexity index is 1180. The van der Waals surface area contributed by atoms with Gasteiger partial charge in [-0.15, -0.1) is 0 Å². The number of halogens is 1. The smallest absolute Gasteiger partial charge is 0.241 e. The molecule has 0 bridgehead atoms. The zero-order valence-electron chi connectivity index (χ0n) is 16.1. The molecule has 154 valence electrons. The van der Waals surface area contributed by atoms with Crippen molar-refractivity contribution in [2.75, 3.05) is 11.9 Å². The van der Waals surface area contributed by atoms with Gasteiger partial charge in [-0.1, -0.05) is 64.0 Å². The number of rotatable bonds is 7. The number of amides is 1. The van der Waals surface area contributed by atoms with Crippen LogP contribution in [0.2, 0.25) is 0 Å². The van der Waals surface area contributed by atoms with Crippen molar-refractivity contribution in [2.24, 2.45) is 0 Å². The quantitative estimate of drug-likeness (QED) is 0.495. The van der Waals surface area contributed by atoms with Gasteiger partial charge < -0.3 is 5.32 Å². The number of carbonyl (C=O) groups excluding carboxylic acids is 2. The molecule has 0 aromatic heterocycles. The second-order valence-corrected chi connectivity index (χ2v) is 9.25. The van der Waals surface area contributed by atoms with E-state index in [0.29, 0.717) is 21.3 Å². The average Bonchev–Trinajstić information content (AvgIpc) is 2.74. The molecule has 0 aliphatic carbocycles. The van der Waals surface area contributed by atoms with Gasteiger partial charge in [-0.2, -0.15) is 0 Å². The third kappa shape index (κ3) is 5.41. The van der Waals surface area contributed by atoms with Crippen LogP contribution in [0.15, 0.2) is 82.2 Å². The highest BCUT2D eigenvalue weighted by atomic mass is 79.9. The zero-order valence-corrected chi connectivity index (χ0v) is 18.5. The number of hydrogen-bond acceptors (Lipinski definition) is 4. The summed E-state index contributed by atoms with van der Waals surface area (Å²) in [5.74, 6) is -0.845. The molecular formula is C22H19BrN2O4S. The first kappa shape index (κ1) is 21.9. The van der Waals surface area contributed by atoms with Crippen molar-refractivity contribution >= 4 is 43.3 Å². The maximum absolute atomic E-state index is 12.8. The molecule has 1 amide bonds. The Kier molecular flexibility index (Phi) is 6.81. The van der Waals surface area contributed by atoms with Gasteiger partial charge in [0.25, 0.3) is 0 Å². The molecule has 0 spiro atoms. The molecule has 0 fully saturated rings. The predicted octanol–water partition coefficient (Wildman–Crippen LogP) is 3.91. The monoisotopic (exact) mass is 486 g/mol. The minimum absolute atomic E-state index is 0.0736. The topological polar surface area (TPSA) is 92.3 Å². The van der Waals surface area contributed by atoms with E-state index in [9.17, 15) is 18.0 Å². The maximum Gasteiger partial charge on any atom is 0.241 e. The number of benzene rings is 3. The van der Waals surface area contributed by atoms with E-state index in [1.807, 2.05) is 6.92 Å². The van der Waals surface area contributed by atoms with Crippen LogP contribution in [0.4, 0.5) is 5.69 Å². The lowest BCUT2D eigenvalue weighted by Crippen LogP contribution is -2.33. The van der Waals surface area contributed by atoms with Gasteiger partial charge in [-0.05, 0) is 37.3 Å². The maximum atomic E-state index is 12.8. The van der Waals surface area contributed by atoms with E-state index in [-0.39, 0.29) is 10.7 Å². The van der Waals surface area contributed by atoms with Crippen LogP contribution in [0.3, 0.4) is 0 Å². The Hall–Kier alpha value is -2.81. The molecule has 30 heavy (non-hydrogen) atoms. The summed E-state index contributed by atoms with van der Waals surface area (Å²) in [4.78, 5) is 25.3.